The lowest BCUT2D eigenvalue weighted by Gasteiger charge is -2.17. The molecule has 1 unspecified atom stereocenters. The SMILES string of the molecule is Br.CC(CCBr)N(C)C. The molecule has 0 aliphatic rings. The predicted octanol–water partition coefficient (Wildman–Crippen LogP) is 2.30. The predicted molar refractivity (Wildman–Crippen MR) is 51.9 cm³/mol. The largest absolute Gasteiger partial charge is 0.307 e. The van der Waals surface area contributed by atoms with E-state index in [9.17, 15) is 0 Å². The van der Waals surface area contributed by atoms with Gasteiger partial charge in [-0.05, 0) is 27.4 Å². The summed E-state index contributed by atoms with van der Waals surface area (Å²) in [6.45, 7) is 2.22. The summed E-state index contributed by atoms with van der Waals surface area (Å²) in [5.41, 5.74) is 0. The molecular weight excluding hydrogens is 246 g/mol. The Kier molecular flexibility index (Phi) is 9.83. The van der Waals surface area contributed by atoms with E-state index in [0.29, 0.717) is 6.04 Å². The van der Waals surface area contributed by atoms with Gasteiger partial charge in [0.05, 0.1) is 0 Å². The number of hydrogen-bond donors (Lipinski definition) is 0. The standard InChI is InChI=1S/C6H14BrN.BrH/c1-6(4-5-7)8(2)3;/h6H,4-5H2,1-3H3;1H. The first-order chi connectivity index (χ1) is 3.68. The minimum Gasteiger partial charge on any atom is -0.307 e. The minimum absolute atomic E-state index is 0. The Morgan fingerprint density at radius 1 is 1.44 bits per heavy atom. The summed E-state index contributed by atoms with van der Waals surface area (Å²) in [7, 11) is 4.21. The van der Waals surface area contributed by atoms with Crippen LogP contribution in [0.5, 0.6) is 0 Å². The molecule has 0 aromatic rings. The molecule has 0 aliphatic heterocycles. The Bertz CT molecular complexity index is 57.0. The minimum atomic E-state index is 0. The molecule has 0 saturated heterocycles. The molecule has 58 valence electrons. The van der Waals surface area contributed by atoms with Crippen LogP contribution in [0.1, 0.15) is 13.3 Å². The van der Waals surface area contributed by atoms with Gasteiger partial charge in [-0.3, -0.25) is 0 Å². The quantitative estimate of drug-likeness (QED) is 0.704. The molecule has 0 amide bonds. The van der Waals surface area contributed by atoms with Gasteiger partial charge in [0, 0.05) is 11.4 Å². The third kappa shape index (κ3) is 6.81. The summed E-state index contributed by atoms with van der Waals surface area (Å²) in [4.78, 5) is 2.22. The highest BCUT2D eigenvalue weighted by molar-refractivity contribution is 9.09. The van der Waals surface area contributed by atoms with Crippen LogP contribution < -0.4 is 0 Å². The van der Waals surface area contributed by atoms with E-state index in [1.54, 1.807) is 0 Å². The molecule has 9 heavy (non-hydrogen) atoms. The molecule has 0 spiro atoms. The third-order valence-electron chi connectivity index (χ3n) is 1.41. The van der Waals surface area contributed by atoms with Gasteiger partial charge in [0.2, 0.25) is 0 Å². The van der Waals surface area contributed by atoms with Crippen LogP contribution in [0.15, 0.2) is 0 Å². The smallest absolute Gasteiger partial charge is 0.00687 e. The summed E-state index contributed by atoms with van der Waals surface area (Å²) in [5.74, 6) is 0. The monoisotopic (exact) mass is 259 g/mol. The first-order valence-electron chi connectivity index (χ1n) is 2.91. The molecule has 0 fully saturated rings. The average molecular weight is 261 g/mol. The Morgan fingerprint density at radius 3 is 2.00 bits per heavy atom. The van der Waals surface area contributed by atoms with Crippen LogP contribution in [0.2, 0.25) is 0 Å². The fraction of sp³-hybridized carbons (Fsp3) is 1.00. The van der Waals surface area contributed by atoms with Crippen molar-refractivity contribution in [3.05, 3.63) is 0 Å². The zero-order chi connectivity index (χ0) is 6.57. The Hall–Kier alpha value is 0.920. The van der Waals surface area contributed by atoms with E-state index < -0.39 is 0 Å². The third-order valence-corrected chi connectivity index (χ3v) is 1.87. The number of nitrogens with zero attached hydrogens (tertiary/aromatic N) is 1. The average Bonchev–Trinajstić information content (AvgIpc) is 1.67. The van der Waals surface area contributed by atoms with Crippen molar-refractivity contribution < 1.29 is 0 Å². The van der Waals surface area contributed by atoms with Crippen molar-refractivity contribution in [3.8, 4) is 0 Å². The molecular formula is C6H15Br2N. The van der Waals surface area contributed by atoms with Crippen LogP contribution in [0.4, 0.5) is 0 Å². The van der Waals surface area contributed by atoms with Gasteiger partial charge < -0.3 is 4.90 Å². The van der Waals surface area contributed by atoms with E-state index in [2.05, 4.69) is 41.8 Å². The van der Waals surface area contributed by atoms with E-state index in [0.717, 1.165) is 5.33 Å². The fourth-order valence-corrected chi connectivity index (χ4v) is 1.08. The Balaban J connectivity index is 0. The molecule has 0 aromatic heterocycles. The van der Waals surface area contributed by atoms with Crippen molar-refractivity contribution >= 4 is 32.9 Å². The molecule has 0 N–H and O–H groups in total. The lowest BCUT2D eigenvalue weighted by Crippen LogP contribution is -2.24. The van der Waals surface area contributed by atoms with Gasteiger partial charge in [-0.25, -0.2) is 0 Å². The summed E-state index contributed by atoms with van der Waals surface area (Å²) in [5, 5.41) is 1.10. The van der Waals surface area contributed by atoms with Gasteiger partial charge >= 0.3 is 0 Å². The maximum atomic E-state index is 3.39. The summed E-state index contributed by atoms with van der Waals surface area (Å²) >= 11 is 3.39. The van der Waals surface area contributed by atoms with Crippen molar-refractivity contribution in [2.75, 3.05) is 19.4 Å². The molecule has 0 aromatic carbocycles. The van der Waals surface area contributed by atoms with E-state index >= 15 is 0 Å². The van der Waals surface area contributed by atoms with Crippen molar-refractivity contribution in [2.24, 2.45) is 0 Å². The van der Waals surface area contributed by atoms with Gasteiger partial charge in [-0.15, -0.1) is 17.0 Å². The highest BCUT2D eigenvalue weighted by Crippen LogP contribution is 1.99. The van der Waals surface area contributed by atoms with Gasteiger partial charge in [0.1, 0.15) is 0 Å². The van der Waals surface area contributed by atoms with Gasteiger partial charge in [0.15, 0.2) is 0 Å². The zero-order valence-electron chi connectivity index (χ0n) is 6.22. The molecule has 3 heteroatoms. The second-order valence-electron chi connectivity index (χ2n) is 2.29. The lowest BCUT2D eigenvalue weighted by atomic mass is 10.2. The second-order valence-corrected chi connectivity index (χ2v) is 3.08. The number of halogens is 2. The van der Waals surface area contributed by atoms with Gasteiger partial charge in [-0.1, -0.05) is 15.9 Å². The van der Waals surface area contributed by atoms with Crippen molar-refractivity contribution in [3.63, 3.8) is 0 Å². The van der Waals surface area contributed by atoms with E-state index in [-0.39, 0.29) is 17.0 Å². The highest BCUT2D eigenvalue weighted by Gasteiger charge is 2.00. The highest BCUT2D eigenvalue weighted by atomic mass is 79.9. The summed E-state index contributed by atoms with van der Waals surface area (Å²) < 4.78 is 0. The zero-order valence-corrected chi connectivity index (χ0v) is 9.52. The molecule has 0 saturated carbocycles. The van der Waals surface area contributed by atoms with Crippen LogP contribution in [0.25, 0.3) is 0 Å². The first kappa shape index (κ1) is 12.6. The van der Waals surface area contributed by atoms with Crippen LogP contribution in [0.3, 0.4) is 0 Å². The van der Waals surface area contributed by atoms with E-state index in [4.69, 9.17) is 0 Å². The normalized spacial score (nSPS) is 13.0. The van der Waals surface area contributed by atoms with Crippen LogP contribution in [-0.4, -0.2) is 30.4 Å². The molecule has 1 nitrogen and oxygen atoms in total. The number of alkyl halides is 1. The maximum absolute atomic E-state index is 3.39. The number of hydrogen-bond acceptors (Lipinski definition) is 1. The molecule has 1 atom stereocenters. The van der Waals surface area contributed by atoms with E-state index in [1.165, 1.54) is 6.42 Å². The molecule has 0 aliphatic carbocycles. The Morgan fingerprint density at radius 2 is 1.89 bits per heavy atom. The van der Waals surface area contributed by atoms with Gasteiger partial charge in [-0.2, -0.15) is 0 Å². The topological polar surface area (TPSA) is 3.24 Å². The second kappa shape index (κ2) is 7.03. The van der Waals surface area contributed by atoms with Gasteiger partial charge in [0.25, 0.3) is 0 Å². The Labute approximate surface area is 76.7 Å². The summed E-state index contributed by atoms with van der Waals surface area (Å²) in [6, 6.07) is 0.703. The van der Waals surface area contributed by atoms with E-state index in [1.807, 2.05) is 0 Å². The first-order valence-corrected chi connectivity index (χ1v) is 4.03. The summed E-state index contributed by atoms with van der Waals surface area (Å²) in [6.07, 6.45) is 1.23. The maximum Gasteiger partial charge on any atom is 0.00687 e. The van der Waals surface area contributed by atoms with Crippen molar-refractivity contribution in [1.82, 2.24) is 4.90 Å². The molecule has 0 heterocycles. The van der Waals surface area contributed by atoms with Crippen LogP contribution in [0, 0.1) is 0 Å². The van der Waals surface area contributed by atoms with Crippen molar-refractivity contribution in [1.29, 1.82) is 0 Å². The number of rotatable bonds is 3. The van der Waals surface area contributed by atoms with Crippen molar-refractivity contribution in [2.45, 2.75) is 19.4 Å². The van der Waals surface area contributed by atoms with Crippen LogP contribution in [-0.2, 0) is 0 Å². The molecule has 0 radical (unpaired) electrons. The fourth-order valence-electron chi connectivity index (χ4n) is 0.416. The lowest BCUT2D eigenvalue weighted by molar-refractivity contribution is 0.309. The molecule has 0 bridgehead atoms. The van der Waals surface area contributed by atoms with Crippen LogP contribution >= 0.6 is 32.9 Å². The molecule has 0 rings (SSSR count).